The van der Waals surface area contributed by atoms with Gasteiger partial charge in [0.15, 0.2) is 5.78 Å². The number of carbonyl (C=O) groups excluding carboxylic acids is 2. The molecule has 0 fully saturated rings. The lowest BCUT2D eigenvalue weighted by Gasteiger charge is -2.13. The molecule has 0 heterocycles. The number of benzene rings is 1. The van der Waals surface area contributed by atoms with Crippen molar-refractivity contribution in [2.45, 2.75) is 34.1 Å². The van der Waals surface area contributed by atoms with Crippen LogP contribution < -0.4 is 0 Å². The summed E-state index contributed by atoms with van der Waals surface area (Å²) in [6.45, 7) is 7.93. The molecule has 0 saturated carbocycles. The van der Waals surface area contributed by atoms with E-state index in [-0.39, 0.29) is 17.2 Å². The van der Waals surface area contributed by atoms with Crippen LogP contribution in [0.15, 0.2) is 12.1 Å². The van der Waals surface area contributed by atoms with Gasteiger partial charge in [0.05, 0.1) is 7.11 Å². The highest BCUT2D eigenvalue weighted by Gasteiger charge is 2.38. The van der Waals surface area contributed by atoms with Crippen molar-refractivity contribution in [3.05, 3.63) is 40.0 Å². The maximum atomic E-state index is 12.4. The van der Waals surface area contributed by atoms with Crippen molar-refractivity contribution >= 4 is 17.8 Å². The van der Waals surface area contributed by atoms with Crippen LogP contribution >= 0.6 is 0 Å². The molecule has 0 amide bonds. The van der Waals surface area contributed by atoms with Crippen molar-refractivity contribution in [2.24, 2.45) is 5.41 Å². The van der Waals surface area contributed by atoms with E-state index in [0.717, 1.165) is 34.2 Å². The normalized spacial score (nSPS) is 16.6. The summed E-state index contributed by atoms with van der Waals surface area (Å²) < 4.78 is 4.61. The van der Waals surface area contributed by atoms with Gasteiger partial charge in [0.2, 0.25) is 0 Å². The Hall–Kier alpha value is -1.90. The summed E-state index contributed by atoms with van der Waals surface area (Å²) in [6.07, 6.45) is 3.95. The minimum absolute atomic E-state index is 0.210. The average molecular weight is 272 g/mol. The van der Waals surface area contributed by atoms with E-state index in [1.807, 2.05) is 33.8 Å². The van der Waals surface area contributed by atoms with Crippen molar-refractivity contribution in [3.63, 3.8) is 0 Å². The number of carbonyl (C=O) groups is 2. The third-order valence-corrected chi connectivity index (χ3v) is 4.03. The Morgan fingerprint density at radius 3 is 2.60 bits per heavy atom. The summed E-state index contributed by atoms with van der Waals surface area (Å²) >= 11 is 0. The lowest BCUT2D eigenvalue weighted by molar-refractivity contribution is -0.134. The SMILES string of the molecule is COC(=O)/C=C/c1c(C)cc2c(c1C)CC(C)(C)C2=O. The average Bonchev–Trinajstić information content (AvgIpc) is 2.61. The smallest absolute Gasteiger partial charge is 0.330 e. The van der Waals surface area contributed by atoms with Gasteiger partial charge in [0, 0.05) is 17.1 Å². The fraction of sp³-hybridized carbons (Fsp3) is 0.412. The Morgan fingerprint density at radius 1 is 1.35 bits per heavy atom. The lowest BCUT2D eigenvalue weighted by Crippen LogP contribution is -2.18. The minimum Gasteiger partial charge on any atom is -0.466 e. The molecule has 2 rings (SSSR count). The molecule has 1 aliphatic rings. The molecule has 0 aliphatic heterocycles. The van der Waals surface area contributed by atoms with Gasteiger partial charge in [0.1, 0.15) is 0 Å². The maximum Gasteiger partial charge on any atom is 0.330 e. The van der Waals surface area contributed by atoms with Gasteiger partial charge in [-0.2, -0.15) is 0 Å². The number of ketones is 1. The van der Waals surface area contributed by atoms with Gasteiger partial charge in [-0.3, -0.25) is 4.79 Å². The number of aryl methyl sites for hydroxylation is 1. The zero-order chi connectivity index (χ0) is 15.1. The molecule has 3 heteroatoms. The van der Waals surface area contributed by atoms with Gasteiger partial charge in [0.25, 0.3) is 0 Å². The van der Waals surface area contributed by atoms with E-state index in [0.29, 0.717) is 0 Å². The number of ether oxygens (including phenoxy) is 1. The molecule has 0 aromatic heterocycles. The zero-order valence-electron chi connectivity index (χ0n) is 12.7. The van der Waals surface area contributed by atoms with Gasteiger partial charge in [-0.1, -0.05) is 13.8 Å². The first-order valence-corrected chi connectivity index (χ1v) is 6.72. The molecule has 1 aromatic carbocycles. The second-order valence-electron chi connectivity index (χ2n) is 6.00. The molecule has 1 aromatic rings. The Bertz CT molecular complexity index is 622. The predicted octanol–water partition coefficient (Wildman–Crippen LogP) is 3.25. The van der Waals surface area contributed by atoms with Crippen LogP contribution in [-0.4, -0.2) is 18.9 Å². The first-order valence-electron chi connectivity index (χ1n) is 6.72. The van der Waals surface area contributed by atoms with Crippen LogP contribution in [0.4, 0.5) is 0 Å². The van der Waals surface area contributed by atoms with Crippen LogP contribution in [-0.2, 0) is 16.0 Å². The molecule has 0 N–H and O–H groups in total. The number of esters is 1. The minimum atomic E-state index is -0.374. The van der Waals surface area contributed by atoms with E-state index in [9.17, 15) is 9.59 Å². The number of methoxy groups -OCH3 is 1. The Kier molecular flexibility index (Phi) is 3.55. The maximum absolute atomic E-state index is 12.4. The number of Topliss-reactive ketones (excluding diaryl/α,β-unsaturated/α-hetero) is 1. The molecule has 0 unspecified atom stereocenters. The Morgan fingerprint density at radius 2 is 2.00 bits per heavy atom. The van der Waals surface area contributed by atoms with Gasteiger partial charge >= 0.3 is 5.97 Å². The highest BCUT2D eigenvalue weighted by molar-refractivity contribution is 6.05. The van der Waals surface area contributed by atoms with Crippen LogP contribution in [0.25, 0.3) is 6.08 Å². The summed E-state index contributed by atoms with van der Waals surface area (Å²) in [5.74, 6) is -0.164. The van der Waals surface area contributed by atoms with Gasteiger partial charge in [-0.15, -0.1) is 0 Å². The topological polar surface area (TPSA) is 43.4 Å². The molecule has 0 saturated heterocycles. The van der Waals surface area contributed by atoms with Gasteiger partial charge < -0.3 is 4.74 Å². The quantitative estimate of drug-likeness (QED) is 0.613. The molecule has 106 valence electrons. The molecule has 0 spiro atoms. The number of hydrogen-bond acceptors (Lipinski definition) is 3. The highest BCUT2D eigenvalue weighted by atomic mass is 16.5. The first-order chi connectivity index (χ1) is 9.27. The van der Waals surface area contributed by atoms with Crippen LogP contribution in [0.5, 0.6) is 0 Å². The Balaban J connectivity index is 2.53. The highest BCUT2D eigenvalue weighted by Crippen LogP contribution is 2.39. The van der Waals surface area contributed by atoms with Crippen LogP contribution in [0.1, 0.15) is 46.5 Å². The Labute approximate surface area is 119 Å². The predicted molar refractivity (Wildman–Crippen MR) is 78.8 cm³/mol. The third-order valence-electron chi connectivity index (χ3n) is 4.03. The van der Waals surface area contributed by atoms with Crippen molar-refractivity contribution in [2.75, 3.05) is 7.11 Å². The van der Waals surface area contributed by atoms with Crippen molar-refractivity contribution in [3.8, 4) is 0 Å². The number of fused-ring (bicyclic) bond motifs is 1. The van der Waals surface area contributed by atoms with E-state index < -0.39 is 0 Å². The van der Waals surface area contributed by atoms with E-state index in [4.69, 9.17) is 0 Å². The largest absolute Gasteiger partial charge is 0.466 e. The zero-order valence-corrected chi connectivity index (χ0v) is 12.7. The number of rotatable bonds is 2. The van der Waals surface area contributed by atoms with Crippen LogP contribution in [0, 0.1) is 19.3 Å². The molecule has 0 bridgehead atoms. The van der Waals surface area contributed by atoms with Crippen LogP contribution in [0.2, 0.25) is 0 Å². The monoisotopic (exact) mass is 272 g/mol. The molecule has 0 radical (unpaired) electrons. The number of hydrogen-bond donors (Lipinski definition) is 0. The van der Waals surface area contributed by atoms with Crippen molar-refractivity contribution < 1.29 is 14.3 Å². The molecule has 20 heavy (non-hydrogen) atoms. The summed E-state index contributed by atoms with van der Waals surface area (Å²) in [5.41, 5.74) is 4.70. The summed E-state index contributed by atoms with van der Waals surface area (Å²) in [4.78, 5) is 23.6. The first kappa shape index (κ1) is 14.5. The van der Waals surface area contributed by atoms with Crippen molar-refractivity contribution in [1.82, 2.24) is 0 Å². The van der Waals surface area contributed by atoms with E-state index in [1.54, 1.807) is 6.08 Å². The van der Waals surface area contributed by atoms with E-state index in [1.165, 1.54) is 13.2 Å². The summed E-state index contributed by atoms with van der Waals surface area (Å²) in [5, 5.41) is 0. The second kappa shape index (κ2) is 4.89. The summed E-state index contributed by atoms with van der Waals surface area (Å²) in [7, 11) is 1.36. The molecule has 0 atom stereocenters. The van der Waals surface area contributed by atoms with E-state index in [2.05, 4.69) is 4.74 Å². The third kappa shape index (κ3) is 2.28. The van der Waals surface area contributed by atoms with Gasteiger partial charge in [-0.25, -0.2) is 4.79 Å². The standard InChI is InChI=1S/C17H20O3/c1-10-8-13-14(9-17(3,4)16(13)19)11(2)12(10)6-7-15(18)20-5/h6-8H,9H2,1-5H3/b7-6+. The van der Waals surface area contributed by atoms with Crippen LogP contribution in [0.3, 0.4) is 0 Å². The molecule has 1 aliphatic carbocycles. The summed E-state index contributed by atoms with van der Waals surface area (Å²) in [6, 6.07) is 1.94. The second-order valence-corrected chi connectivity index (χ2v) is 6.00. The fourth-order valence-corrected chi connectivity index (χ4v) is 2.83. The molecule has 3 nitrogen and oxygen atoms in total. The molecular weight excluding hydrogens is 252 g/mol. The van der Waals surface area contributed by atoms with Crippen molar-refractivity contribution in [1.29, 1.82) is 0 Å². The van der Waals surface area contributed by atoms with E-state index >= 15 is 0 Å². The van der Waals surface area contributed by atoms with Gasteiger partial charge in [-0.05, 0) is 54.7 Å². The molecular formula is C17H20O3. The fourth-order valence-electron chi connectivity index (χ4n) is 2.83. The lowest BCUT2D eigenvalue weighted by atomic mass is 9.89.